The van der Waals surface area contributed by atoms with E-state index in [1.54, 1.807) is 65.0 Å². The van der Waals surface area contributed by atoms with Gasteiger partial charge in [0.2, 0.25) is 29.4 Å². The summed E-state index contributed by atoms with van der Waals surface area (Å²) < 4.78 is 44.0. The number of aromatic hydroxyl groups is 2. The van der Waals surface area contributed by atoms with Crippen LogP contribution < -0.4 is 33.2 Å². The molecule has 19 aromatic rings. The van der Waals surface area contributed by atoms with Crippen LogP contribution in [0.15, 0.2) is 341 Å². The minimum Gasteiger partial charge on any atom is -0.508 e. The van der Waals surface area contributed by atoms with Crippen LogP contribution in [0.25, 0.3) is 54.5 Å². The van der Waals surface area contributed by atoms with Gasteiger partial charge in [0.1, 0.15) is 83.3 Å². The summed E-state index contributed by atoms with van der Waals surface area (Å²) in [6, 6.07) is 91.5. The van der Waals surface area contributed by atoms with Gasteiger partial charge in [0, 0.05) is 178 Å². The van der Waals surface area contributed by atoms with Crippen LogP contribution in [0.4, 0.5) is 0 Å². The fraction of sp³-hybridized carbons (Fsp3) is 0.111. The Bertz CT molecular complexity index is 6630. The molecule has 24 nitrogen and oxygen atoms in total. The Labute approximate surface area is 745 Å². The number of hydrogen-bond donors (Lipinski definition) is 4. The molecule has 11 heterocycles. The average Bonchev–Trinajstić information content (AvgIpc) is 1.67. The predicted molar refractivity (Wildman–Crippen MR) is 495 cm³/mol. The molecule has 126 heavy (non-hydrogen) atoms. The van der Waals surface area contributed by atoms with Gasteiger partial charge >= 0.3 is 0 Å². The van der Waals surface area contributed by atoms with E-state index < -0.39 is 0 Å². The lowest BCUT2D eigenvalue weighted by molar-refractivity contribution is 0.306. The maximum Gasteiger partial charge on any atom is 0.223 e. The molecule has 0 aliphatic carbocycles. The zero-order chi connectivity index (χ0) is 88.0. The molecule has 0 atom stereocenters. The van der Waals surface area contributed by atoms with Crippen molar-refractivity contribution in [1.82, 2.24) is 63.5 Å². The van der Waals surface area contributed by atoms with Gasteiger partial charge in [-0.25, -0.2) is 39.9 Å². The summed E-state index contributed by atoms with van der Waals surface area (Å²) in [7, 11) is 6.42. The summed E-state index contributed by atoms with van der Waals surface area (Å²) in [4.78, 5) is 37.9. The number of methoxy groups -OCH3 is 4. The number of aromatic amines is 2. The van der Waals surface area contributed by atoms with Crippen LogP contribution in [0, 0.1) is 22.7 Å². The highest BCUT2D eigenvalue weighted by atomic mass is 79.9. The van der Waals surface area contributed by atoms with E-state index in [0.717, 1.165) is 101 Å². The van der Waals surface area contributed by atoms with Gasteiger partial charge < -0.3 is 67.0 Å². The second-order valence-electron chi connectivity index (χ2n) is 27.4. The predicted octanol–water partition coefficient (Wildman–Crippen LogP) is 22.1. The Kier molecular flexibility index (Phi) is 33.5. The fourth-order valence-electron chi connectivity index (χ4n) is 12.4. The standard InChI is InChI=1S/C22H20N2O2.C20H15N5O2.C15H14N2O2.C15H13NO.C8H7NO.C7H7Br.C7H8ClNO.C5H2ClN3/c1-25-22-10-7-18(14-23-22)15-24-12-11-19-13-20(8-9-21(19)24)26-16-17-5-3-2-4-6-17;1-26-19-5-2-14(11-22-19)12-25-7-6-15-8-17(3-4-18(15)25)27-20-9-16(10-21)23-13-24-20;1-19-15-5-2-11(9-16-15)10-17-7-6-12-8-13(18)3-4-14(12)17;1-2-4-12(5-3-1)11-17-14-6-7-15-13(10-14)8-9-16-15;10-7-1-2-8-6(5-7)3-4-9-8;8-6-7-4-2-1-3-5-7;1-10-7-3-2-6(4-8)5-9-7;6-5-1-4(2-7)8-3-9-5/h2-14H,15-16H2,1H3;2-9,11,13H,12H2,1H3;2-9,18H,10H2,1H3;1-10,16H,11H2;1-5,9-10H;1-5H,6H2;2-3,5H,4H2,1H3;1,3H. The molecule has 0 aliphatic rings. The number of phenols is 2. The van der Waals surface area contributed by atoms with Crippen LogP contribution in [-0.4, -0.2) is 102 Å². The molecule has 0 spiro atoms. The van der Waals surface area contributed by atoms with Crippen LogP contribution >= 0.6 is 39.1 Å². The molecule has 19 rings (SSSR count). The molecule has 0 radical (unpaired) electrons. The van der Waals surface area contributed by atoms with E-state index in [-0.39, 0.29) is 17.1 Å². The van der Waals surface area contributed by atoms with Gasteiger partial charge in [-0.2, -0.15) is 10.5 Å². The van der Waals surface area contributed by atoms with Gasteiger partial charge in [-0.3, -0.25) is 0 Å². The van der Waals surface area contributed by atoms with E-state index in [4.69, 9.17) is 72.0 Å². The van der Waals surface area contributed by atoms with Gasteiger partial charge in [-0.05, 0) is 160 Å². The normalized spacial score (nSPS) is 10.3. The molecule has 11 aromatic heterocycles. The van der Waals surface area contributed by atoms with Crippen molar-refractivity contribution in [2.24, 2.45) is 0 Å². The summed E-state index contributed by atoms with van der Waals surface area (Å²) >= 11 is 14.3. The highest BCUT2D eigenvalue weighted by Crippen LogP contribution is 2.30. The Morgan fingerprint density at radius 1 is 0.365 bits per heavy atom. The molecular formula is C99H86BrCl2N15O9. The maximum atomic E-state index is 9.45. The van der Waals surface area contributed by atoms with Crippen molar-refractivity contribution in [2.45, 2.75) is 44.1 Å². The van der Waals surface area contributed by atoms with Crippen LogP contribution in [0.2, 0.25) is 5.15 Å². The summed E-state index contributed by atoms with van der Waals surface area (Å²) in [6.07, 6.45) is 19.6. The number of ether oxygens (including phenoxy) is 7. The molecule has 0 amide bonds. The second-order valence-corrected chi connectivity index (χ2v) is 28.6. The fourth-order valence-corrected chi connectivity index (χ4v) is 13.0. The highest BCUT2D eigenvalue weighted by molar-refractivity contribution is 9.08. The van der Waals surface area contributed by atoms with E-state index in [0.29, 0.717) is 71.7 Å². The summed E-state index contributed by atoms with van der Waals surface area (Å²) in [5.41, 5.74) is 14.1. The molecule has 0 saturated heterocycles. The second kappa shape index (κ2) is 47.0. The number of aromatic nitrogens is 13. The van der Waals surface area contributed by atoms with Crippen molar-refractivity contribution < 1.29 is 43.4 Å². The molecule has 27 heteroatoms. The van der Waals surface area contributed by atoms with Gasteiger partial charge in [0.25, 0.3) is 0 Å². The minimum absolute atomic E-state index is 0.264. The van der Waals surface area contributed by atoms with Gasteiger partial charge in [-0.1, -0.05) is 143 Å². The SMILES string of the molecule is BrCc1ccccc1.COc1ccc(CCl)cn1.COc1ccc(Cn2ccc3cc(O)ccc32)cn1.COc1ccc(Cn2ccc3cc(OCc4ccccc4)ccc32)cn1.COc1ccc(Cn2ccc3cc(Oc4cc(C#N)ncn4)ccc32)cn1.N#Cc1cc(Cl)ncn1.Oc1ccc2[nH]ccc2c1.c1ccc(COc2ccc3[nH]ccc3c2)cc1. The molecule has 0 fully saturated rings. The maximum absolute atomic E-state index is 9.45. The average molecular weight is 1780 g/mol. The number of nitrogens with zero attached hydrogens (tertiary/aromatic N) is 13. The number of nitrogens with one attached hydrogen (secondary N) is 2. The van der Waals surface area contributed by atoms with Crippen LogP contribution in [0.5, 0.6) is 58.1 Å². The summed E-state index contributed by atoms with van der Waals surface area (Å²) in [5, 5.41) is 42.4. The third-order valence-corrected chi connectivity index (χ3v) is 19.9. The van der Waals surface area contributed by atoms with Crippen LogP contribution in [-0.2, 0) is 44.1 Å². The minimum atomic E-state index is 0.264. The molecule has 4 N–H and O–H groups in total. The molecule has 0 saturated carbocycles. The summed E-state index contributed by atoms with van der Waals surface area (Å²) in [6.45, 7) is 3.40. The lowest BCUT2D eigenvalue weighted by Gasteiger charge is -2.08. The van der Waals surface area contributed by atoms with Crippen molar-refractivity contribution >= 4 is 93.6 Å². The number of hydrogen-bond acceptors (Lipinski definition) is 19. The summed E-state index contributed by atoms with van der Waals surface area (Å²) in [5.74, 6) is 6.33. The first kappa shape index (κ1) is 89.7. The Morgan fingerprint density at radius 2 is 0.746 bits per heavy atom. The monoisotopic (exact) mass is 1780 g/mol. The van der Waals surface area contributed by atoms with Crippen molar-refractivity contribution in [3.63, 3.8) is 0 Å². The van der Waals surface area contributed by atoms with Gasteiger partial charge in [0.15, 0.2) is 0 Å². The lowest BCUT2D eigenvalue weighted by atomic mass is 10.2. The van der Waals surface area contributed by atoms with Crippen molar-refractivity contribution in [3.05, 3.63) is 397 Å². The highest BCUT2D eigenvalue weighted by Gasteiger charge is 2.11. The number of fused-ring (bicyclic) bond motifs is 5. The van der Waals surface area contributed by atoms with Gasteiger partial charge in [-0.15, -0.1) is 11.6 Å². The van der Waals surface area contributed by atoms with E-state index in [2.05, 4.69) is 146 Å². The van der Waals surface area contributed by atoms with Crippen LogP contribution in [0.3, 0.4) is 0 Å². The first-order valence-electron chi connectivity index (χ1n) is 39.2. The third kappa shape index (κ3) is 27.2. The third-order valence-electron chi connectivity index (χ3n) is 18.8. The number of nitriles is 2. The number of benzene rings is 8. The van der Waals surface area contributed by atoms with Crippen LogP contribution in [0.1, 0.15) is 50.3 Å². The van der Waals surface area contributed by atoms with E-state index in [1.807, 2.05) is 225 Å². The number of phenolic OH excluding ortho intramolecular Hbond substituents is 2. The smallest absolute Gasteiger partial charge is 0.223 e. The Morgan fingerprint density at radius 3 is 1.17 bits per heavy atom. The van der Waals surface area contributed by atoms with Crippen molar-refractivity contribution in [3.8, 4) is 70.3 Å². The van der Waals surface area contributed by atoms with Crippen molar-refractivity contribution in [2.75, 3.05) is 28.4 Å². The molecule has 8 aromatic carbocycles. The van der Waals surface area contributed by atoms with Crippen molar-refractivity contribution in [1.29, 1.82) is 10.5 Å². The largest absolute Gasteiger partial charge is 0.508 e. The number of halogens is 3. The Balaban J connectivity index is 0.000000136. The number of pyridine rings is 4. The zero-order valence-corrected chi connectivity index (χ0v) is 72.1. The quantitative estimate of drug-likeness (QED) is 0.0407. The first-order chi connectivity index (χ1) is 61.7. The Hall–Kier alpha value is -15.5. The van der Waals surface area contributed by atoms with E-state index in [1.165, 1.54) is 46.8 Å². The molecule has 0 aliphatic heterocycles. The molecule has 0 bridgehead atoms. The first-order valence-corrected chi connectivity index (χ1v) is 41.3. The number of rotatable bonds is 20. The van der Waals surface area contributed by atoms with Gasteiger partial charge in [0.05, 0.1) is 28.4 Å². The lowest BCUT2D eigenvalue weighted by Crippen LogP contribution is -1.99. The van der Waals surface area contributed by atoms with E-state index in [9.17, 15) is 5.11 Å². The van der Waals surface area contributed by atoms with E-state index >= 15 is 0 Å². The number of alkyl halides is 2. The number of H-pyrrole nitrogens is 2. The molecule has 632 valence electrons. The molecule has 0 unspecified atom stereocenters. The zero-order valence-electron chi connectivity index (χ0n) is 69.0. The topological polar surface area (TPSA) is 302 Å². The molecular weight excluding hydrogens is 1690 g/mol.